The van der Waals surface area contributed by atoms with Crippen LogP contribution >= 0.6 is 11.8 Å². The van der Waals surface area contributed by atoms with Gasteiger partial charge in [-0.25, -0.2) is 12.7 Å². The van der Waals surface area contributed by atoms with Crippen molar-refractivity contribution < 1.29 is 26.8 Å². The molecule has 0 unspecified atom stereocenters. The lowest BCUT2D eigenvalue weighted by molar-refractivity contribution is -0.123. The first kappa shape index (κ1) is 21.2. The van der Waals surface area contributed by atoms with Gasteiger partial charge in [0.25, 0.3) is 11.1 Å². The quantitative estimate of drug-likeness (QED) is 0.514. The summed E-state index contributed by atoms with van der Waals surface area (Å²) in [4.78, 5) is 26.3. The molecule has 2 amide bonds. The molecule has 1 aliphatic heterocycles. The van der Waals surface area contributed by atoms with Crippen LogP contribution in [-0.2, 0) is 21.4 Å². The highest BCUT2D eigenvalue weighted by Crippen LogP contribution is 2.34. The van der Waals surface area contributed by atoms with Crippen LogP contribution < -0.4 is 0 Å². The molecule has 3 aromatic rings. The summed E-state index contributed by atoms with van der Waals surface area (Å²) in [5.41, 5.74) is 0.684. The number of rotatable bonds is 6. The van der Waals surface area contributed by atoms with Gasteiger partial charge >= 0.3 is 0 Å². The second kappa shape index (κ2) is 8.22. The first-order valence-electron chi connectivity index (χ1n) is 9.16. The predicted octanol–water partition coefficient (Wildman–Crippen LogP) is 4.03. The Labute approximate surface area is 183 Å². The van der Waals surface area contributed by atoms with Crippen molar-refractivity contribution in [1.82, 2.24) is 9.21 Å². The maximum atomic E-state index is 12.6. The van der Waals surface area contributed by atoms with Crippen molar-refractivity contribution >= 4 is 39.0 Å². The van der Waals surface area contributed by atoms with Gasteiger partial charge in [0.15, 0.2) is 0 Å². The number of imide groups is 1. The van der Waals surface area contributed by atoms with Crippen LogP contribution in [0.5, 0.6) is 0 Å². The number of benzene rings is 1. The minimum atomic E-state index is -3.51. The SMILES string of the molecule is CN(C)S(=O)(=O)c1ccc(-c2ccc(/C=C3/SC(=O)N(Cc4ccco4)C3=O)o2)cc1. The zero-order valence-corrected chi connectivity index (χ0v) is 18.3. The van der Waals surface area contributed by atoms with Gasteiger partial charge in [0.2, 0.25) is 10.0 Å². The van der Waals surface area contributed by atoms with E-state index in [-0.39, 0.29) is 21.6 Å². The standard InChI is InChI=1S/C21H18N2O6S2/c1-22(2)31(26,27)17-8-5-14(6-9-17)18-10-7-15(29-18)12-19-20(24)23(21(25)30-19)13-16-4-3-11-28-16/h3-12H,13H2,1-2H3/b19-12+. The number of nitrogens with zero attached hydrogens (tertiary/aromatic N) is 2. The molecule has 0 spiro atoms. The molecule has 0 atom stereocenters. The summed E-state index contributed by atoms with van der Waals surface area (Å²) < 4.78 is 36.5. The van der Waals surface area contributed by atoms with E-state index in [9.17, 15) is 18.0 Å². The molecule has 1 aliphatic rings. The van der Waals surface area contributed by atoms with Crippen molar-refractivity contribution in [3.8, 4) is 11.3 Å². The van der Waals surface area contributed by atoms with Gasteiger partial charge < -0.3 is 8.83 Å². The zero-order chi connectivity index (χ0) is 22.2. The molecule has 0 saturated carbocycles. The lowest BCUT2D eigenvalue weighted by Crippen LogP contribution is -2.27. The number of furan rings is 2. The van der Waals surface area contributed by atoms with E-state index >= 15 is 0 Å². The molecule has 31 heavy (non-hydrogen) atoms. The van der Waals surface area contributed by atoms with E-state index in [0.717, 1.165) is 21.0 Å². The maximum Gasteiger partial charge on any atom is 0.293 e. The molecular formula is C21H18N2O6S2. The van der Waals surface area contributed by atoms with Crippen LogP contribution in [0.1, 0.15) is 11.5 Å². The molecule has 0 bridgehead atoms. The molecule has 1 fully saturated rings. The molecule has 4 rings (SSSR count). The molecule has 3 heterocycles. The Morgan fingerprint density at radius 3 is 2.45 bits per heavy atom. The molecule has 1 saturated heterocycles. The summed E-state index contributed by atoms with van der Waals surface area (Å²) in [6, 6.07) is 13.1. The van der Waals surface area contributed by atoms with E-state index in [1.165, 1.54) is 38.6 Å². The van der Waals surface area contributed by atoms with Crippen LogP contribution in [0, 0.1) is 0 Å². The third-order valence-electron chi connectivity index (χ3n) is 4.59. The van der Waals surface area contributed by atoms with Crippen molar-refractivity contribution in [3.05, 3.63) is 71.2 Å². The number of thioether (sulfide) groups is 1. The molecule has 160 valence electrons. The van der Waals surface area contributed by atoms with E-state index in [4.69, 9.17) is 8.83 Å². The Kier molecular flexibility index (Phi) is 5.61. The number of carbonyl (C=O) groups excluding carboxylic acids is 2. The van der Waals surface area contributed by atoms with E-state index in [0.29, 0.717) is 22.8 Å². The Morgan fingerprint density at radius 1 is 1.06 bits per heavy atom. The van der Waals surface area contributed by atoms with E-state index in [1.807, 2.05) is 0 Å². The summed E-state index contributed by atoms with van der Waals surface area (Å²) in [5, 5.41) is -0.378. The Hall–Kier alpha value is -3.08. The maximum absolute atomic E-state index is 12.6. The minimum Gasteiger partial charge on any atom is -0.467 e. The molecule has 1 aromatic carbocycles. The van der Waals surface area contributed by atoms with Crippen molar-refractivity contribution in [3.63, 3.8) is 0 Å². The first-order valence-corrected chi connectivity index (χ1v) is 11.4. The Morgan fingerprint density at radius 2 is 1.81 bits per heavy atom. The van der Waals surface area contributed by atoms with Gasteiger partial charge in [-0.05, 0) is 60.3 Å². The lowest BCUT2D eigenvalue weighted by atomic mass is 10.2. The number of hydrogen-bond donors (Lipinski definition) is 0. The third-order valence-corrected chi connectivity index (χ3v) is 7.32. The first-order chi connectivity index (χ1) is 14.8. The van der Waals surface area contributed by atoms with Gasteiger partial charge in [0.1, 0.15) is 17.3 Å². The summed E-state index contributed by atoms with van der Waals surface area (Å²) in [5.74, 6) is 1.02. The Balaban J connectivity index is 1.52. The average Bonchev–Trinajstić information content (AvgIpc) is 3.47. The molecule has 8 nitrogen and oxygen atoms in total. The predicted molar refractivity (Wildman–Crippen MR) is 115 cm³/mol. The van der Waals surface area contributed by atoms with Crippen LogP contribution in [0.3, 0.4) is 0 Å². The van der Waals surface area contributed by atoms with Crippen LogP contribution in [0.25, 0.3) is 17.4 Å². The van der Waals surface area contributed by atoms with Crippen molar-refractivity contribution in [2.75, 3.05) is 14.1 Å². The second-order valence-corrected chi connectivity index (χ2v) is 10.0. The highest BCUT2D eigenvalue weighted by atomic mass is 32.2. The number of amides is 2. The minimum absolute atomic E-state index is 0.0701. The third kappa shape index (κ3) is 4.22. The normalized spacial score (nSPS) is 16.1. The topological polar surface area (TPSA) is 101 Å². The Bertz CT molecular complexity index is 1260. The molecular weight excluding hydrogens is 440 g/mol. The molecule has 2 aromatic heterocycles. The average molecular weight is 459 g/mol. The molecule has 0 radical (unpaired) electrons. The van der Waals surface area contributed by atoms with Gasteiger partial charge in [-0.15, -0.1) is 0 Å². The fourth-order valence-electron chi connectivity index (χ4n) is 2.91. The smallest absolute Gasteiger partial charge is 0.293 e. The van der Waals surface area contributed by atoms with Crippen molar-refractivity contribution in [2.24, 2.45) is 0 Å². The molecule has 10 heteroatoms. The largest absolute Gasteiger partial charge is 0.467 e. The summed E-state index contributed by atoms with van der Waals surface area (Å²) in [6.07, 6.45) is 3.00. The monoisotopic (exact) mass is 458 g/mol. The highest BCUT2D eigenvalue weighted by molar-refractivity contribution is 8.18. The van der Waals surface area contributed by atoms with Crippen LogP contribution in [-0.4, -0.2) is 42.9 Å². The fourth-order valence-corrected chi connectivity index (χ4v) is 4.63. The van der Waals surface area contributed by atoms with Gasteiger partial charge in [-0.2, -0.15) is 0 Å². The van der Waals surface area contributed by atoms with E-state index < -0.39 is 15.9 Å². The summed E-state index contributed by atoms with van der Waals surface area (Å²) in [7, 11) is -0.571. The number of hydrogen-bond acceptors (Lipinski definition) is 7. The van der Waals surface area contributed by atoms with Crippen LogP contribution in [0.2, 0.25) is 0 Å². The van der Waals surface area contributed by atoms with Crippen molar-refractivity contribution in [1.29, 1.82) is 0 Å². The number of carbonyl (C=O) groups is 2. The summed E-state index contributed by atoms with van der Waals surface area (Å²) >= 11 is 0.836. The van der Waals surface area contributed by atoms with Crippen molar-refractivity contribution in [2.45, 2.75) is 11.4 Å². The van der Waals surface area contributed by atoms with Crippen LogP contribution in [0.15, 0.2) is 73.4 Å². The van der Waals surface area contributed by atoms with Crippen LogP contribution in [0.4, 0.5) is 4.79 Å². The van der Waals surface area contributed by atoms with Gasteiger partial charge in [0, 0.05) is 25.7 Å². The molecule has 0 N–H and O–H groups in total. The lowest BCUT2D eigenvalue weighted by Gasteiger charge is -2.11. The van der Waals surface area contributed by atoms with Gasteiger partial charge in [-0.1, -0.05) is 0 Å². The molecule has 0 aliphatic carbocycles. The second-order valence-electron chi connectivity index (χ2n) is 6.86. The zero-order valence-electron chi connectivity index (χ0n) is 16.6. The number of sulfonamides is 1. The van der Waals surface area contributed by atoms with Gasteiger partial charge in [0.05, 0.1) is 22.6 Å². The fraction of sp³-hybridized carbons (Fsp3) is 0.143. The van der Waals surface area contributed by atoms with E-state index in [1.54, 1.807) is 36.4 Å². The summed E-state index contributed by atoms with van der Waals surface area (Å²) in [6.45, 7) is 0.0701. The highest BCUT2D eigenvalue weighted by Gasteiger charge is 2.35. The van der Waals surface area contributed by atoms with E-state index in [2.05, 4.69) is 0 Å². The van der Waals surface area contributed by atoms with Gasteiger partial charge in [-0.3, -0.25) is 14.5 Å².